The Bertz CT molecular complexity index is 1670. The number of hydrogen-bond donors (Lipinski definition) is 2. The van der Waals surface area contributed by atoms with E-state index in [1.54, 1.807) is 24.3 Å². The molecule has 0 aliphatic carbocycles. The number of carbonyl (C=O) groups is 1. The summed E-state index contributed by atoms with van der Waals surface area (Å²) >= 11 is 6.66. The lowest BCUT2D eigenvalue weighted by molar-refractivity contribution is -0.150. The van der Waals surface area contributed by atoms with Crippen molar-refractivity contribution in [3.63, 3.8) is 0 Å². The fourth-order valence-corrected chi connectivity index (χ4v) is 5.36. The van der Waals surface area contributed by atoms with Crippen molar-refractivity contribution in [1.82, 2.24) is 35.1 Å². The van der Waals surface area contributed by atoms with Gasteiger partial charge in [0.15, 0.2) is 5.15 Å². The number of aromatic hydroxyl groups is 1. The third-order valence-electron chi connectivity index (χ3n) is 7.59. The van der Waals surface area contributed by atoms with Crippen LogP contribution in [0.2, 0.25) is 5.15 Å². The molecule has 2 N–H and O–H groups in total. The van der Waals surface area contributed by atoms with Crippen LogP contribution in [0.1, 0.15) is 42.4 Å². The molecule has 0 unspecified atom stereocenters. The van der Waals surface area contributed by atoms with Crippen molar-refractivity contribution in [3.05, 3.63) is 101 Å². The minimum Gasteiger partial charge on any atom is -0.508 e. The minimum absolute atomic E-state index is 0.00681. The number of H-pyrrole nitrogens is 1. The van der Waals surface area contributed by atoms with Gasteiger partial charge in [-0.25, -0.2) is 4.98 Å². The second kappa shape index (κ2) is 14.3. The van der Waals surface area contributed by atoms with Gasteiger partial charge in [-0.15, -0.1) is 10.2 Å². The highest BCUT2D eigenvalue weighted by Crippen LogP contribution is 2.30. The number of nitrogens with one attached hydrogen (secondary N) is 1. The van der Waals surface area contributed by atoms with E-state index in [-0.39, 0.29) is 18.3 Å². The lowest BCUT2D eigenvalue weighted by Crippen LogP contribution is -2.39. The fraction of sp³-hybridized carbons (Fsp3) is 0.303. The van der Waals surface area contributed by atoms with Crippen molar-refractivity contribution in [3.8, 4) is 28.3 Å². The van der Waals surface area contributed by atoms with Crippen molar-refractivity contribution in [1.29, 1.82) is 0 Å². The number of halogens is 1. The van der Waals surface area contributed by atoms with Gasteiger partial charge in [0.25, 0.3) is 0 Å². The van der Waals surface area contributed by atoms with Gasteiger partial charge in [0.05, 0.1) is 5.69 Å². The number of rotatable bonds is 13. The van der Waals surface area contributed by atoms with E-state index < -0.39 is 6.04 Å². The number of phenolic OH excluding ortho intramolecular Hbond substituents is 1. The standard InChI is InChI=1S/C33H36ClN7O3/c1-4-5-10-30-35-31(34)29(21-44-33(43)28(40(2)3)19-22-13-17-25(42)18-14-22)41(30)20-23-11-15-24(16-12-23)26-8-6-7-9-27(26)32-36-38-39-37-32/h6-9,11-18,28,42H,4-5,10,19-21H2,1-3H3,(H,36,37,38,39)/t28-/m1/s1. The van der Waals surface area contributed by atoms with Gasteiger partial charge in [0.1, 0.15) is 24.2 Å². The molecule has 2 heterocycles. The van der Waals surface area contributed by atoms with Crippen molar-refractivity contribution in [2.45, 2.75) is 51.8 Å². The first-order valence-electron chi connectivity index (χ1n) is 14.6. The summed E-state index contributed by atoms with van der Waals surface area (Å²) in [6.45, 7) is 2.67. The number of tetrazole rings is 1. The Morgan fingerprint density at radius 3 is 2.39 bits per heavy atom. The van der Waals surface area contributed by atoms with E-state index in [9.17, 15) is 9.90 Å². The number of imidazole rings is 1. The van der Waals surface area contributed by atoms with Crippen LogP contribution in [0.3, 0.4) is 0 Å². The van der Waals surface area contributed by atoms with Gasteiger partial charge >= 0.3 is 5.97 Å². The molecular formula is C33H36ClN7O3. The van der Waals surface area contributed by atoms with E-state index in [0.29, 0.717) is 29.6 Å². The average molecular weight is 614 g/mol. The maximum absolute atomic E-state index is 13.3. The predicted octanol–water partition coefficient (Wildman–Crippen LogP) is 5.70. The molecule has 0 amide bonds. The van der Waals surface area contributed by atoms with Crippen LogP contribution in [0.5, 0.6) is 5.75 Å². The van der Waals surface area contributed by atoms with E-state index in [4.69, 9.17) is 16.3 Å². The highest BCUT2D eigenvalue weighted by molar-refractivity contribution is 6.30. The van der Waals surface area contributed by atoms with Crippen LogP contribution in [0.25, 0.3) is 22.5 Å². The van der Waals surface area contributed by atoms with E-state index in [1.165, 1.54) is 0 Å². The molecule has 10 nitrogen and oxygen atoms in total. The number of aromatic nitrogens is 6. The highest BCUT2D eigenvalue weighted by Gasteiger charge is 2.25. The second-order valence-corrected chi connectivity index (χ2v) is 11.2. The van der Waals surface area contributed by atoms with Crippen LogP contribution in [-0.4, -0.2) is 66.3 Å². The molecule has 0 fully saturated rings. The largest absolute Gasteiger partial charge is 0.508 e. The molecule has 0 saturated carbocycles. The molecule has 228 valence electrons. The van der Waals surface area contributed by atoms with Crippen LogP contribution in [0, 0.1) is 0 Å². The molecule has 0 aliphatic heterocycles. The summed E-state index contributed by atoms with van der Waals surface area (Å²) in [5, 5.41) is 24.5. The van der Waals surface area contributed by atoms with Gasteiger partial charge in [-0.1, -0.05) is 85.6 Å². The normalized spacial score (nSPS) is 12.0. The van der Waals surface area contributed by atoms with E-state index in [1.807, 2.05) is 43.3 Å². The minimum atomic E-state index is -0.503. The van der Waals surface area contributed by atoms with Gasteiger partial charge in [0, 0.05) is 18.5 Å². The third-order valence-corrected chi connectivity index (χ3v) is 7.89. The van der Waals surface area contributed by atoms with Crippen molar-refractivity contribution < 1.29 is 14.6 Å². The maximum atomic E-state index is 13.3. The zero-order valence-corrected chi connectivity index (χ0v) is 25.8. The number of phenols is 1. The molecule has 3 aromatic carbocycles. The fourth-order valence-electron chi connectivity index (χ4n) is 5.10. The van der Waals surface area contributed by atoms with E-state index >= 15 is 0 Å². The zero-order valence-electron chi connectivity index (χ0n) is 25.1. The van der Waals surface area contributed by atoms with Crippen molar-refractivity contribution in [2.24, 2.45) is 0 Å². The quantitative estimate of drug-likeness (QED) is 0.162. The molecule has 5 aromatic rings. The number of aromatic amines is 1. The summed E-state index contributed by atoms with van der Waals surface area (Å²) in [5.74, 6) is 1.23. The SMILES string of the molecule is CCCCc1nc(Cl)c(COC(=O)[C@@H](Cc2ccc(O)cc2)N(C)C)n1Cc1ccc(-c2ccccc2-c2nn[nH]n2)cc1. The monoisotopic (exact) mass is 613 g/mol. The molecule has 11 heteroatoms. The molecule has 0 bridgehead atoms. The summed E-state index contributed by atoms with van der Waals surface area (Å²) in [6.07, 6.45) is 3.20. The second-order valence-electron chi connectivity index (χ2n) is 10.9. The Labute approximate surface area is 261 Å². The van der Waals surface area contributed by atoms with Gasteiger partial charge in [-0.05, 0) is 66.5 Å². The first kappa shape index (κ1) is 30.9. The molecule has 44 heavy (non-hydrogen) atoms. The number of ether oxygens (including phenoxy) is 1. The Morgan fingerprint density at radius 2 is 1.73 bits per heavy atom. The van der Waals surface area contributed by atoms with E-state index in [2.05, 4.69) is 61.4 Å². The Morgan fingerprint density at radius 1 is 1.02 bits per heavy atom. The molecule has 0 saturated heterocycles. The first-order chi connectivity index (χ1) is 21.3. The Hall–Kier alpha value is -4.54. The zero-order chi connectivity index (χ0) is 31.1. The topological polar surface area (TPSA) is 122 Å². The third kappa shape index (κ3) is 7.32. The summed E-state index contributed by atoms with van der Waals surface area (Å²) in [7, 11) is 3.69. The summed E-state index contributed by atoms with van der Waals surface area (Å²) in [5.41, 5.74) is 5.57. The lowest BCUT2D eigenvalue weighted by Gasteiger charge is -2.23. The Balaban J connectivity index is 1.35. The van der Waals surface area contributed by atoms with Crippen LogP contribution in [-0.2, 0) is 35.5 Å². The number of hydrogen-bond acceptors (Lipinski definition) is 8. The molecular weight excluding hydrogens is 578 g/mol. The average Bonchev–Trinajstić information content (AvgIpc) is 3.67. The molecule has 0 aliphatic rings. The number of benzene rings is 3. The number of esters is 1. The van der Waals surface area contributed by atoms with Crippen molar-refractivity contribution >= 4 is 17.6 Å². The van der Waals surface area contributed by atoms with E-state index in [0.717, 1.165) is 52.9 Å². The van der Waals surface area contributed by atoms with Crippen LogP contribution < -0.4 is 0 Å². The number of nitrogens with zero attached hydrogens (tertiary/aromatic N) is 6. The number of aryl methyl sites for hydroxylation is 1. The van der Waals surface area contributed by atoms with Crippen LogP contribution in [0.4, 0.5) is 0 Å². The predicted molar refractivity (Wildman–Crippen MR) is 169 cm³/mol. The molecule has 2 aromatic heterocycles. The molecule has 0 radical (unpaired) electrons. The number of likely N-dealkylation sites (N-methyl/N-ethyl adjacent to an activating group) is 1. The molecule has 0 spiro atoms. The van der Waals surface area contributed by atoms with Crippen LogP contribution in [0.15, 0.2) is 72.8 Å². The van der Waals surface area contributed by atoms with Gasteiger partial charge in [-0.3, -0.25) is 9.69 Å². The number of unbranched alkanes of at least 4 members (excludes halogenated alkanes) is 1. The molecule has 1 atom stereocenters. The molecule has 5 rings (SSSR count). The maximum Gasteiger partial charge on any atom is 0.324 e. The number of carbonyl (C=O) groups excluding carboxylic acids is 1. The van der Waals surface area contributed by atoms with Gasteiger partial charge < -0.3 is 14.4 Å². The van der Waals surface area contributed by atoms with Crippen molar-refractivity contribution in [2.75, 3.05) is 14.1 Å². The Kier molecular flexibility index (Phi) is 10.0. The summed E-state index contributed by atoms with van der Waals surface area (Å²) < 4.78 is 7.92. The summed E-state index contributed by atoms with van der Waals surface area (Å²) in [6, 6.07) is 22.6. The van der Waals surface area contributed by atoms with Crippen LogP contribution >= 0.6 is 11.6 Å². The van der Waals surface area contributed by atoms with Gasteiger partial charge in [-0.2, -0.15) is 5.21 Å². The highest BCUT2D eigenvalue weighted by atomic mass is 35.5. The first-order valence-corrected chi connectivity index (χ1v) is 15.0. The lowest BCUT2D eigenvalue weighted by atomic mass is 9.98. The smallest absolute Gasteiger partial charge is 0.324 e. The summed E-state index contributed by atoms with van der Waals surface area (Å²) in [4.78, 5) is 19.8. The van der Waals surface area contributed by atoms with Gasteiger partial charge in [0.2, 0.25) is 5.82 Å².